The first kappa shape index (κ1) is 16.4. The van der Waals surface area contributed by atoms with Crippen molar-refractivity contribution in [3.05, 3.63) is 84.2 Å². The Labute approximate surface area is 149 Å². The third-order valence-electron chi connectivity index (χ3n) is 4.43. The molecule has 1 aromatic heterocycles. The van der Waals surface area contributed by atoms with Crippen LogP contribution in [0.1, 0.15) is 18.6 Å². The number of fused-ring (bicyclic) bond motifs is 1. The molecule has 5 heteroatoms. The van der Waals surface area contributed by atoms with E-state index in [1.165, 1.54) is 18.2 Å². The summed E-state index contributed by atoms with van der Waals surface area (Å²) in [6.45, 7) is 1.70. The van der Waals surface area contributed by atoms with Crippen molar-refractivity contribution in [2.24, 2.45) is 0 Å². The number of imidazole rings is 1. The van der Waals surface area contributed by atoms with Gasteiger partial charge in [0.1, 0.15) is 18.0 Å². The minimum Gasteiger partial charge on any atom is -0.389 e. The van der Waals surface area contributed by atoms with Crippen LogP contribution in [0.2, 0.25) is 0 Å². The maximum atomic E-state index is 14.1. The van der Waals surface area contributed by atoms with Crippen LogP contribution >= 0.6 is 0 Å². The van der Waals surface area contributed by atoms with Gasteiger partial charge in [-0.1, -0.05) is 24.3 Å². The molecule has 0 unspecified atom stereocenters. The summed E-state index contributed by atoms with van der Waals surface area (Å²) < 4.78 is 30.1. The summed E-state index contributed by atoms with van der Waals surface area (Å²) in [5.74, 6) is -1.20. The molecule has 1 atom stereocenters. The van der Waals surface area contributed by atoms with E-state index in [2.05, 4.69) is 4.98 Å². The van der Waals surface area contributed by atoms with Crippen molar-refractivity contribution in [3.8, 4) is 16.8 Å². The third-order valence-corrected chi connectivity index (χ3v) is 4.43. The summed E-state index contributed by atoms with van der Waals surface area (Å²) in [7, 11) is 0. The van der Waals surface area contributed by atoms with Crippen LogP contribution in [0, 0.1) is 11.6 Å². The van der Waals surface area contributed by atoms with Crippen LogP contribution in [0.4, 0.5) is 8.78 Å². The minimum absolute atomic E-state index is 0.0461. The molecule has 0 aliphatic carbocycles. The summed E-state index contributed by atoms with van der Waals surface area (Å²) in [6.07, 6.45) is 1.09. The Hall–Kier alpha value is -3.05. The Morgan fingerprint density at radius 3 is 2.42 bits per heavy atom. The highest BCUT2D eigenvalue weighted by molar-refractivity contribution is 5.79. The average Bonchev–Trinajstić information content (AvgIpc) is 3.05. The molecule has 26 heavy (non-hydrogen) atoms. The molecule has 0 radical (unpaired) electrons. The SMILES string of the molecule is C[C@H](O)c1ccc2c(c1)ncn2-c1cccc(-c2c(F)cccc2F)c1. The van der Waals surface area contributed by atoms with E-state index in [1.54, 1.807) is 31.5 Å². The Kier molecular flexibility index (Phi) is 4.01. The van der Waals surface area contributed by atoms with Crippen molar-refractivity contribution in [3.63, 3.8) is 0 Å². The molecule has 0 spiro atoms. The minimum atomic E-state index is -0.598. The predicted molar refractivity (Wildman–Crippen MR) is 97.1 cm³/mol. The number of nitrogens with zero attached hydrogens (tertiary/aromatic N) is 2. The number of hydrogen-bond donors (Lipinski definition) is 1. The van der Waals surface area contributed by atoms with Gasteiger partial charge in [-0.2, -0.15) is 0 Å². The van der Waals surface area contributed by atoms with Gasteiger partial charge in [0.05, 0.1) is 22.7 Å². The van der Waals surface area contributed by atoms with Crippen molar-refractivity contribution in [2.75, 3.05) is 0 Å². The molecule has 0 amide bonds. The molecule has 0 saturated heterocycles. The second kappa shape index (κ2) is 6.35. The van der Waals surface area contributed by atoms with E-state index in [0.29, 0.717) is 5.56 Å². The maximum absolute atomic E-state index is 14.1. The molecule has 4 aromatic rings. The van der Waals surface area contributed by atoms with Crippen LogP contribution in [-0.2, 0) is 0 Å². The fraction of sp³-hybridized carbons (Fsp3) is 0.0952. The number of halogens is 2. The van der Waals surface area contributed by atoms with Crippen molar-refractivity contribution in [1.29, 1.82) is 0 Å². The predicted octanol–water partition coefficient (Wildman–Crippen LogP) is 5.02. The fourth-order valence-corrected chi connectivity index (χ4v) is 3.08. The Morgan fingerprint density at radius 2 is 1.69 bits per heavy atom. The number of aliphatic hydroxyl groups excluding tert-OH is 1. The topological polar surface area (TPSA) is 38.1 Å². The van der Waals surface area contributed by atoms with E-state index in [0.717, 1.165) is 22.3 Å². The summed E-state index contributed by atoms with van der Waals surface area (Å²) >= 11 is 0. The zero-order valence-electron chi connectivity index (χ0n) is 14.0. The fourth-order valence-electron chi connectivity index (χ4n) is 3.08. The van der Waals surface area contributed by atoms with Gasteiger partial charge in [-0.25, -0.2) is 13.8 Å². The number of aromatic nitrogens is 2. The smallest absolute Gasteiger partial charge is 0.133 e. The highest BCUT2D eigenvalue weighted by Crippen LogP contribution is 2.29. The lowest BCUT2D eigenvalue weighted by Gasteiger charge is -2.10. The van der Waals surface area contributed by atoms with Crippen molar-refractivity contribution >= 4 is 11.0 Å². The Bertz CT molecular complexity index is 1080. The molecule has 130 valence electrons. The second-order valence-electron chi connectivity index (χ2n) is 6.19. The lowest BCUT2D eigenvalue weighted by atomic mass is 10.0. The standard InChI is InChI=1S/C21H16F2N2O/c1-13(26)14-8-9-20-19(11-14)24-12-25(20)16-5-2-4-15(10-16)21-17(22)6-3-7-18(21)23/h2-13,26H,1H3/t13-/m0/s1. The van der Waals surface area contributed by atoms with E-state index < -0.39 is 17.7 Å². The number of benzene rings is 3. The maximum Gasteiger partial charge on any atom is 0.133 e. The summed E-state index contributed by atoms with van der Waals surface area (Å²) in [5, 5.41) is 9.72. The molecule has 4 rings (SSSR count). The number of aliphatic hydroxyl groups is 1. The molecule has 0 bridgehead atoms. The van der Waals surface area contributed by atoms with Crippen molar-refractivity contribution in [1.82, 2.24) is 9.55 Å². The Balaban J connectivity index is 1.84. The molecule has 0 fully saturated rings. The number of rotatable bonds is 3. The number of hydrogen-bond acceptors (Lipinski definition) is 2. The molecular formula is C21H16F2N2O. The van der Waals surface area contributed by atoms with Gasteiger partial charge in [0.15, 0.2) is 0 Å². The van der Waals surface area contributed by atoms with Gasteiger partial charge in [-0.15, -0.1) is 0 Å². The highest BCUT2D eigenvalue weighted by atomic mass is 19.1. The summed E-state index contributed by atoms with van der Waals surface area (Å²) in [5.41, 5.74) is 3.53. The van der Waals surface area contributed by atoms with Gasteiger partial charge in [0, 0.05) is 5.69 Å². The first-order valence-corrected chi connectivity index (χ1v) is 8.24. The van der Waals surface area contributed by atoms with Gasteiger partial charge < -0.3 is 5.11 Å². The normalized spacial score (nSPS) is 12.5. The second-order valence-corrected chi connectivity index (χ2v) is 6.19. The van der Waals surface area contributed by atoms with Crippen LogP contribution in [0.3, 0.4) is 0 Å². The van der Waals surface area contributed by atoms with E-state index in [1.807, 2.05) is 28.8 Å². The first-order valence-electron chi connectivity index (χ1n) is 8.24. The lowest BCUT2D eigenvalue weighted by molar-refractivity contribution is 0.199. The van der Waals surface area contributed by atoms with Crippen LogP contribution in [0.15, 0.2) is 67.0 Å². The molecular weight excluding hydrogens is 334 g/mol. The van der Waals surface area contributed by atoms with E-state index in [-0.39, 0.29) is 5.56 Å². The van der Waals surface area contributed by atoms with Gasteiger partial charge in [0.2, 0.25) is 0 Å². The molecule has 0 aliphatic heterocycles. The molecule has 0 saturated carbocycles. The zero-order valence-corrected chi connectivity index (χ0v) is 14.0. The monoisotopic (exact) mass is 350 g/mol. The van der Waals surface area contributed by atoms with Gasteiger partial charge in [0.25, 0.3) is 0 Å². The average molecular weight is 350 g/mol. The van der Waals surface area contributed by atoms with Crippen molar-refractivity contribution in [2.45, 2.75) is 13.0 Å². The zero-order chi connectivity index (χ0) is 18.3. The first-order chi connectivity index (χ1) is 12.5. The molecule has 0 aliphatic rings. The van der Waals surface area contributed by atoms with Gasteiger partial charge >= 0.3 is 0 Å². The van der Waals surface area contributed by atoms with Crippen LogP contribution in [-0.4, -0.2) is 14.7 Å². The molecule has 3 aromatic carbocycles. The Morgan fingerprint density at radius 1 is 0.962 bits per heavy atom. The summed E-state index contributed by atoms with van der Waals surface area (Å²) in [4.78, 5) is 4.38. The van der Waals surface area contributed by atoms with Crippen LogP contribution < -0.4 is 0 Å². The molecule has 3 nitrogen and oxygen atoms in total. The third kappa shape index (κ3) is 2.76. The van der Waals surface area contributed by atoms with Crippen LogP contribution in [0.5, 0.6) is 0 Å². The van der Waals surface area contributed by atoms with Crippen LogP contribution in [0.25, 0.3) is 27.8 Å². The van der Waals surface area contributed by atoms with Gasteiger partial charge in [-0.3, -0.25) is 4.57 Å². The van der Waals surface area contributed by atoms with Crippen molar-refractivity contribution < 1.29 is 13.9 Å². The van der Waals surface area contributed by atoms with E-state index >= 15 is 0 Å². The summed E-state index contributed by atoms with van der Waals surface area (Å²) in [6, 6.07) is 16.4. The lowest BCUT2D eigenvalue weighted by Crippen LogP contribution is -1.95. The highest BCUT2D eigenvalue weighted by Gasteiger charge is 2.13. The quantitative estimate of drug-likeness (QED) is 0.563. The largest absolute Gasteiger partial charge is 0.389 e. The molecule has 1 heterocycles. The van der Waals surface area contributed by atoms with E-state index in [4.69, 9.17) is 0 Å². The van der Waals surface area contributed by atoms with Gasteiger partial charge in [-0.05, 0) is 54.4 Å². The molecule has 1 N–H and O–H groups in total. The van der Waals surface area contributed by atoms with E-state index in [9.17, 15) is 13.9 Å².